The molecule has 0 radical (unpaired) electrons. The molecule has 0 unspecified atom stereocenters. The van der Waals surface area contributed by atoms with Gasteiger partial charge in [0, 0.05) is 34.1 Å². The number of aromatic nitrogens is 3. The minimum absolute atomic E-state index is 0.0506. The van der Waals surface area contributed by atoms with E-state index in [0.29, 0.717) is 34.6 Å². The van der Waals surface area contributed by atoms with Crippen LogP contribution in [0.5, 0.6) is 0 Å². The summed E-state index contributed by atoms with van der Waals surface area (Å²) in [6.07, 6.45) is 6.28. The molecule has 3 N–H and O–H groups in total. The Morgan fingerprint density at radius 2 is 2.17 bits per heavy atom. The third-order valence-corrected chi connectivity index (χ3v) is 5.64. The number of hydrogen-bond donors (Lipinski definition) is 3. The summed E-state index contributed by atoms with van der Waals surface area (Å²) in [4.78, 5) is 16.5. The number of halogens is 1. The first-order valence-corrected chi connectivity index (χ1v) is 10.2. The van der Waals surface area contributed by atoms with Crippen molar-refractivity contribution in [2.75, 3.05) is 10.6 Å². The second-order valence-electron chi connectivity index (χ2n) is 7.74. The van der Waals surface area contributed by atoms with Gasteiger partial charge in [0.2, 0.25) is 5.91 Å². The zero-order chi connectivity index (χ0) is 20.8. The SMILES string of the molecule is C=C1NC(=O)C/C1=C\c1cnn2c(NC3CC3)cc(Nc3ccc(C)c(Cl)c3)nc12. The number of rotatable bonds is 5. The van der Waals surface area contributed by atoms with Gasteiger partial charge in [-0.2, -0.15) is 9.61 Å². The fourth-order valence-corrected chi connectivity index (χ4v) is 3.58. The molecule has 1 amide bonds. The van der Waals surface area contributed by atoms with Gasteiger partial charge < -0.3 is 16.0 Å². The average molecular weight is 421 g/mol. The first-order valence-electron chi connectivity index (χ1n) is 9.84. The summed E-state index contributed by atoms with van der Waals surface area (Å²) >= 11 is 6.28. The minimum Gasteiger partial charge on any atom is -0.367 e. The second-order valence-corrected chi connectivity index (χ2v) is 8.15. The number of fused-ring (bicyclic) bond motifs is 1. The van der Waals surface area contributed by atoms with E-state index in [1.807, 2.05) is 37.3 Å². The van der Waals surface area contributed by atoms with E-state index in [1.54, 1.807) is 10.7 Å². The molecule has 2 fully saturated rings. The minimum atomic E-state index is -0.0506. The van der Waals surface area contributed by atoms with Crippen molar-refractivity contribution in [3.05, 3.63) is 64.5 Å². The van der Waals surface area contributed by atoms with E-state index in [0.717, 1.165) is 41.0 Å². The number of nitrogens with zero attached hydrogens (tertiary/aromatic N) is 3. The Hall–Kier alpha value is -3.32. The van der Waals surface area contributed by atoms with Crippen LogP contribution in [0.25, 0.3) is 11.7 Å². The van der Waals surface area contributed by atoms with Crippen LogP contribution in [0.2, 0.25) is 5.02 Å². The molecule has 2 aromatic heterocycles. The molecule has 152 valence electrons. The molecule has 1 saturated heterocycles. The van der Waals surface area contributed by atoms with Crippen molar-refractivity contribution in [2.24, 2.45) is 0 Å². The lowest BCUT2D eigenvalue weighted by atomic mass is 10.1. The Balaban J connectivity index is 1.57. The lowest BCUT2D eigenvalue weighted by Gasteiger charge is -2.12. The maximum Gasteiger partial charge on any atom is 0.228 e. The fraction of sp³-hybridized carbons (Fsp3) is 0.227. The summed E-state index contributed by atoms with van der Waals surface area (Å²) in [5.41, 5.74) is 4.87. The van der Waals surface area contributed by atoms with Gasteiger partial charge in [-0.05, 0) is 49.1 Å². The normalized spacial score (nSPS) is 17.6. The predicted octanol–water partition coefficient (Wildman–Crippen LogP) is 4.43. The van der Waals surface area contributed by atoms with E-state index in [-0.39, 0.29) is 5.91 Å². The number of amides is 1. The van der Waals surface area contributed by atoms with Crippen molar-refractivity contribution in [1.82, 2.24) is 19.9 Å². The molecule has 2 aliphatic rings. The summed E-state index contributed by atoms with van der Waals surface area (Å²) in [5, 5.41) is 14.8. The highest BCUT2D eigenvalue weighted by Crippen LogP contribution is 2.30. The van der Waals surface area contributed by atoms with Gasteiger partial charge in [-0.1, -0.05) is 24.2 Å². The van der Waals surface area contributed by atoms with E-state index in [2.05, 4.69) is 27.6 Å². The number of hydrogen-bond acceptors (Lipinski definition) is 5. The Morgan fingerprint density at radius 1 is 1.33 bits per heavy atom. The summed E-state index contributed by atoms with van der Waals surface area (Å²) in [5.74, 6) is 1.50. The lowest BCUT2D eigenvalue weighted by Crippen LogP contribution is -2.10. The van der Waals surface area contributed by atoms with Crippen molar-refractivity contribution in [3.63, 3.8) is 0 Å². The van der Waals surface area contributed by atoms with Gasteiger partial charge in [0.15, 0.2) is 5.65 Å². The molecule has 0 atom stereocenters. The number of allylic oxidation sites excluding steroid dienone is 1. The molecule has 3 heterocycles. The fourth-order valence-electron chi connectivity index (χ4n) is 3.40. The van der Waals surface area contributed by atoms with Gasteiger partial charge >= 0.3 is 0 Å². The average Bonchev–Trinajstić information content (AvgIpc) is 3.34. The zero-order valence-corrected chi connectivity index (χ0v) is 17.3. The van der Waals surface area contributed by atoms with Crippen molar-refractivity contribution in [3.8, 4) is 0 Å². The van der Waals surface area contributed by atoms with Crippen molar-refractivity contribution < 1.29 is 4.79 Å². The van der Waals surface area contributed by atoms with Gasteiger partial charge in [-0.25, -0.2) is 4.98 Å². The maximum absolute atomic E-state index is 11.7. The first kappa shape index (κ1) is 18.7. The molecule has 0 spiro atoms. The molecule has 0 bridgehead atoms. The lowest BCUT2D eigenvalue weighted by molar-refractivity contribution is -0.118. The number of carbonyl (C=O) groups is 1. The van der Waals surface area contributed by atoms with Crippen LogP contribution in [0.15, 0.2) is 48.3 Å². The molecule has 30 heavy (non-hydrogen) atoms. The van der Waals surface area contributed by atoms with Crippen LogP contribution in [0.4, 0.5) is 17.3 Å². The summed E-state index contributed by atoms with van der Waals surface area (Å²) < 4.78 is 1.80. The number of benzene rings is 1. The summed E-state index contributed by atoms with van der Waals surface area (Å²) in [6, 6.07) is 8.23. The third-order valence-electron chi connectivity index (χ3n) is 5.23. The van der Waals surface area contributed by atoms with Gasteiger partial charge in [-0.3, -0.25) is 4.79 Å². The molecule has 1 aliphatic carbocycles. The molecule has 3 aromatic rings. The smallest absolute Gasteiger partial charge is 0.228 e. The topological polar surface area (TPSA) is 83.4 Å². The number of aryl methyl sites for hydroxylation is 1. The molecule has 1 aromatic carbocycles. The highest BCUT2D eigenvalue weighted by atomic mass is 35.5. The second kappa shape index (κ2) is 7.18. The maximum atomic E-state index is 11.7. The number of anilines is 3. The molecular formula is C22H21ClN6O. The molecule has 7 nitrogen and oxygen atoms in total. The number of carbonyl (C=O) groups excluding carboxylic acids is 1. The molecule has 1 saturated carbocycles. The van der Waals surface area contributed by atoms with Crippen molar-refractivity contribution >= 4 is 46.6 Å². The summed E-state index contributed by atoms with van der Waals surface area (Å²) in [6.45, 7) is 5.88. The van der Waals surface area contributed by atoms with E-state index < -0.39 is 0 Å². The Morgan fingerprint density at radius 3 is 2.87 bits per heavy atom. The van der Waals surface area contributed by atoms with Crippen LogP contribution < -0.4 is 16.0 Å². The van der Waals surface area contributed by atoms with Crippen molar-refractivity contribution in [2.45, 2.75) is 32.2 Å². The van der Waals surface area contributed by atoms with Crippen LogP contribution in [0.1, 0.15) is 30.4 Å². The Bertz CT molecular complexity index is 1220. The molecule has 1 aliphatic heterocycles. The Labute approximate surface area is 178 Å². The zero-order valence-electron chi connectivity index (χ0n) is 16.5. The van der Waals surface area contributed by atoms with Gasteiger partial charge in [0.25, 0.3) is 0 Å². The highest BCUT2D eigenvalue weighted by molar-refractivity contribution is 6.31. The van der Waals surface area contributed by atoms with Crippen LogP contribution in [0, 0.1) is 6.92 Å². The standard InChI is InChI=1S/C22H21ClN6O/c1-12-3-4-17(9-18(12)23)26-19-10-20(27-16-5-6-16)29-22(28-19)15(11-24-29)7-14-8-21(30)25-13(14)2/h3-4,7,9-11,16,27H,2,5-6,8H2,1H3,(H,25,30)(H,26,28)/b14-7+. The van der Waals surface area contributed by atoms with Crippen LogP contribution in [0.3, 0.4) is 0 Å². The predicted molar refractivity (Wildman–Crippen MR) is 119 cm³/mol. The van der Waals surface area contributed by atoms with Gasteiger partial charge in [0.05, 0.1) is 12.6 Å². The molecule has 8 heteroatoms. The number of nitrogens with one attached hydrogen (secondary N) is 3. The van der Waals surface area contributed by atoms with Crippen LogP contribution in [-0.4, -0.2) is 26.5 Å². The van der Waals surface area contributed by atoms with Crippen molar-refractivity contribution in [1.29, 1.82) is 0 Å². The largest absolute Gasteiger partial charge is 0.367 e. The van der Waals surface area contributed by atoms with E-state index >= 15 is 0 Å². The molecular weight excluding hydrogens is 400 g/mol. The van der Waals surface area contributed by atoms with E-state index in [4.69, 9.17) is 16.6 Å². The third kappa shape index (κ3) is 3.64. The monoisotopic (exact) mass is 420 g/mol. The van der Waals surface area contributed by atoms with Gasteiger partial charge in [0.1, 0.15) is 11.6 Å². The van der Waals surface area contributed by atoms with Crippen LogP contribution >= 0.6 is 11.6 Å². The summed E-state index contributed by atoms with van der Waals surface area (Å²) in [7, 11) is 0. The quantitative estimate of drug-likeness (QED) is 0.568. The van der Waals surface area contributed by atoms with E-state index in [9.17, 15) is 4.79 Å². The highest BCUT2D eigenvalue weighted by Gasteiger charge is 2.24. The van der Waals surface area contributed by atoms with Gasteiger partial charge in [-0.15, -0.1) is 0 Å². The van der Waals surface area contributed by atoms with E-state index in [1.165, 1.54) is 0 Å². The molecule has 5 rings (SSSR count). The first-order chi connectivity index (χ1) is 14.5. The van der Waals surface area contributed by atoms with Crippen LogP contribution in [-0.2, 0) is 4.79 Å². The Kier molecular flexibility index (Phi) is 4.47.